The second-order valence-electron chi connectivity index (χ2n) is 5.28. The van der Waals surface area contributed by atoms with Crippen LogP contribution in [0.15, 0.2) is 0 Å². The molecule has 2 rings (SSSR count). The summed E-state index contributed by atoms with van der Waals surface area (Å²) in [6.45, 7) is 11.1. The quantitative estimate of drug-likeness (QED) is 0.856. The lowest BCUT2D eigenvalue weighted by Crippen LogP contribution is -2.46. The standard InChI is InChI=1S/C14H25N5O2/c1-5-7-20-14-17-12(15-6-2)16-13(18-14)19-8-10(3)21-11(4)9-19/h10-11H,5-9H2,1-4H3,(H,15,16,17,18). The number of aromatic nitrogens is 3. The Balaban J connectivity index is 2.21. The van der Waals surface area contributed by atoms with E-state index in [9.17, 15) is 0 Å². The minimum absolute atomic E-state index is 0.160. The molecule has 1 aromatic rings. The fourth-order valence-electron chi connectivity index (χ4n) is 2.32. The first kappa shape index (κ1) is 15.8. The third-order valence-electron chi connectivity index (χ3n) is 3.08. The van der Waals surface area contributed by atoms with Crippen LogP contribution in [0.1, 0.15) is 34.1 Å². The van der Waals surface area contributed by atoms with Gasteiger partial charge in [0, 0.05) is 19.6 Å². The molecule has 0 aliphatic carbocycles. The van der Waals surface area contributed by atoms with Crippen molar-refractivity contribution in [1.82, 2.24) is 15.0 Å². The Morgan fingerprint density at radius 1 is 1.19 bits per heavy atom. The third kappa shape index (κ3) is 4.42. The number of rotatable bonds is 6. The Hall–Kier alpha value is -1.63. The molecular weight excluding hydrogens is 270 g/mol. The number of nitrogens with one attached hydrogen (secondary N) is 1. The van der Waals surface area contributed by atoms with Gasteiger partial charge in [0.2, 0.25) is 11.9 Å². The fraction of sp³-hybridized carbons (Fsp3) is 0.786. The SMILES string of the molecule is CCCOc1nc(NCC)nc(N2CC(C)OC(C)C2)n1. The van der Waals surface area contributed by atoms with Crippen molar-refractivity contribution in [2.75, 3.05) is 36.5 Å². The minimum atomic E-state index is 0.160. The zero-order valence-corrected chi connectivity index (χ0v) is 13.3. The van der Waals surface area contributed by atoms with Crippen molar-refractivity contribution in [2.45, 2.75) is 46.3 Å². The molecule has 1 aliphatic rings. The van der Waals surface area contributed by atoms with Crippen molar-refractivity contribution in [2.24, 2.45) is 0 Å². The number of hydrogen-bond donors (Lipinski definition) is 1. The van der Waals surface area contributed by atoms with Crippen molar-refractivity contribution >= 4 is 11.9 Å². The molecule has 2 unspecified atom stereocenters. The smallest absolute Gasteiger partial charge is 0.323 e. The maximum absolute atomic E-state index is 5.75. The van der Waals surface area contributed by atoms with Crippen molar-refractivity contribution in [3.8, 4) is 6.01 Å². The molecule has 0 radical (unpaired) electrons. The summed E-state index contributed by atoms with van der Waals surface area (Å²) in [6.07, 6.45) is 1.24. The predicted octanol–water partition coefficient (Wildman–Crippen LogP) is 1.71. The minimum Gasteiger partial charge on any atom is -0.463 e. The van der Waals surface area contributed by atoms with Crippen LogP contribution in [0.2, 0.25) is 0 Å². The lowest BCUT2D eigenvalue weighted by atomic mass is 10.2. The van der Waals surface area contributed by atoms with E-state index < -0.39 is 0 Å². The van der Waals surface area contributed by atoms with E-state index in [-0.39, 0.29) is 12.2 Å². The van der Waals surface area contributed by atoms with Crippen LogP contribution >= 0.6 is 0 Å². The molecule has 7 heteroatoms. The summed E-state index contributed by atoms with van der Waals surface area (Å²) in [7, 11) is 0. The average Bonchev–Trinajstić information content (AvgIpc) is 2.44. The Labute approximate surface area is 126 Å². The van der Waals surface area contributed by atoms with Gasteiger partial charge in [0.1, 0.15) is 0 Å². The monoisotopic (exact) mass is 295 g/mol. The van der Waals surface area contributed by atoms with Crippen LogP contribution in [0.4, 0.5) is 11.9 Å². The summed E-state index contributed by atoms with van der Waals surface area (Å²) < 4.78 is 11.3. The van der Waals surface area contributed by atoms with Crippen LogP contribution in [0, 0.1) is 0 Å². The largest absolute Gasteiger partial charge is 0.463 e. The van der Waals surface area contributed by atoms with E-state index in [2.05, 4.69) is 45.9 Å². The summed E-state index contributed by atoms with van der Waals surface area (Å²) in [5.74, 6) is 1.20. The predicted molar refractivity (Wildman–Crippen MR) is 82.0 cm³/mol. The molecule has 21 heavy (non-hydrogen) atoms. The van der Waals surface area contributed by atoms with Gasteiger partial charge in [0.15, 0.2) is 0 Å². The van der Waals surface area contributed by atoms with E-state index in [1.165, 1.54) is 0 Å². The first-order valence-electron chi connectivity index (χ1n) is 7.65. The van der Waals surface area contributed by atoms with Gasteiger partial charge >= 0.3 is 6.01 Å². The van der Waals surface area contributed by atoms with Crippen LogP contribution in [0.3, 0.4) is 0 Å². The Morgan fingerprint density at radius 3 is 2.52 bits per heavy atom. The summed E-state index contributed by atoms with van der Waals surface area (Å²) in [5.41, 5.74) is 0. The first-order valence-corrected chi connectivity index (χ1v) is 7.65. The van der Waals surface area contributed by atoms with Gasteiger partial charge in [-0.25, -0.2) is 0 Å². The molecule has 0 saturated carbocycles. The molecular formula is C14H25N5O2. The Bertz CT molecular complexity index is 447. The molecule has 0 amide bonds. The van der Waals surface area contributed by atoms with Crippen LogP contribution in [-0.2, 0) is 4.74 Å². The number of nitrogens with zero attached hydrogens (tertiary/aromatic N) is 4. The summed E-state index contributed by atoms with van der Waals surface area (Å²) >= 11 is 0. The summed E-state index contributed by atoms with van der Waals surface area (Å²) in [4.78, 5) is 15.3. The second kappa shape index (κ2) is 7.40. The van der Waals surface area contributed by atoms with Gasteiger partial charge in [-0.2, -0.15) is 15.0 Å². The number of anilines is 2. The van der Waals surface area contributed by atoms with Crippen molar-refractivity contribution < 1.29 is 9.47 Å². The number of morpholine rings is 1. The zero-order valence-electron chi connectivity index (χ0n) is 13.3. The van der Waals surface area contributed by atoms with Crippen molar-refractivity contribution in [3.05, 3.63) is 0 Å². The second-order valence-corrected chi connectivity index (χ2v) is 5.28. The molecule has 7 nitrogen and oxygen atoms in total. The fourth-order valence-corrected chi connectivity index (χ4v) is 2.32. The zero-order chi connectivity index (χ0) is 15.2. The molecule has 1 aliphatic heterocycles. The number of ether oxygens (including phenoxy) is 2. The molecule has 0 bridgehead atoms. The number of hydrogen-bond acceptors (Lipinski definition) is 7. The molecule has 118 valence electrons. The van der Waals surface area contributed by atoms with E-state index in [1.807, 2.05) is 6.92 Å². The third-order valence-corrected chi connectivity index (χ3v) is 3.08. The molecule has 2 heterocycles. The van der Waals surface area contributed by atoms with Gasteiger partial charge in [-0.1, -0.05) is 6.92 Å². The molecule has 0 spiro atoms. The maximum atomic E-state index is 5.75. The lowest BCUT2D eigenvalue weighted by Gasteiger charge is -2.35. The van der Waals surface area contributed by atoms with Crippen molar-refractivity contribution in [1.29, 1.82) is 0 Å². The van der Waals surface area contributed by atoms with E-state index in [4.69, 9.17) is 9.47 Å². The van der Waals surface area contributed by atoms with Gasteiger partial charge in [-0.3, -0.25) is 0 Å². The van der Waals surface area contributed by atoms with E-state index >= 15 is 0 Å². The van der Waals surface area contributed by atoms with Crippen LogP contribution in [0.5, 0.6) is 6.01 Å². The molecule has 1 saturated heterocycles. The van der Waals surface area contributed by atoms with Gasteiger partial charge in [-0.05, 0) is 27.2 Å². The van der Waals surface area contributed by atoms with Crippen LogP contribution in [0.25, 0.3) is 0 Å². The molecule has 1 N–H and O–H groups in total. The first-order chi connectivity index (χ1) is 10.1. The highest BCUT2D eigenvalue weighted by Crippen LogP contribution is 2.20. The normalized spacial score (nSPS) is 22.2. The Kier molecular flexibility index (Phi) is 5.55. The summed E-state index contributed by atoms with van der Waals surface area (Å²) in [6, 6.07) is 0.379. The van der Waals surface area contributed by atoms with Crippen molar-refractivity contribution in [3.63, 3.8) is 0 Å². The van der Waals surface area contributed by atoms with E-state index in [1.54, 1.807) is 0 Å². The Morgan fingerprint density at radius 2 is 1.90 bits per heavy atom. The summed E-state index contributed by atoms with van der Waals surface area (Å²) in [5, 5.41) is 3.13. The molecule has 1 fully saturated rings. The lowest BCUT2D eigenvalue weighted by molar-refractivity contribution is -0.00577. The molecule has 2 atom stereocenters. The van der Waals surface area contributed by atoms with Gasteiger partial charge < -0.3 is 19.7 Å². The van der Waals surface area contributed by atoms with Crippen LogP contribution < -0.4 is 15.0 Å². The van der Waals surface area contributed by atoms with E-state index in [0.29, 0.717) is 24.5 Å². The van der Waals surface area contributed by atoms with Gasteiger partial charge in [-0.15, -0.1) is 0 Å². The maximum Gasteiger partial charge on any atom is 0.323 e. The highest BCUT2D eigenvalue weighted by molar-refractivity contribution is 5.39. The van der Waals surface area contributed by atoms with E-state index in [0.717, 1.165) is 26.1 Å². The highest BCUT2D eigenvalue weighted by atomic mass is 16.5. The van der Waals surface area contributed by atoms with Gasteiger partial charge in [0.25, 0.3) is 0 Å². The molecule has 1 aromatic heterocycles. The highest BCUT2D eigenvalue weighted by Gasteiger charge is 2.25. The molecule has 0 aromatic carbocycles. The van der Waals surface area contributed by atoms with Crippen LogP contribution in [-0.4, -0.2) is 53.4 Å². The topological polar surface area (TPSA) is 72.4 Å². The average molecular weight is 295 g/mol. The van der Waals surface area contributed by atoms with Gasteiger partial charge in [0.05, 0.1) is 18.8 Å².